The molecular formula is C18H20ClNO2. The Balaban J connectivity index is 2.01. The number of carbonyl (C=O) groups is 1. The molecule has 22 heavy (non-hydrogen) atoms. The van der Waals surface area contributed by atoms with E-state index in [1.54, 1.807) is 19.1 Å². The summed E-state index contributed by atoms with van der Waals surface area (Å²) in [6.07, 6.45) is 0.385. The normalized spacial score (nSPS) is 11.8. The predicted octanol–water partition coefficient (Wildman–Crippen LogP) is 4.62. The van der Waals surface area contributed by atoms with Gasteiger partial charge >= 0.3 is 0 Å². The molecule has 0 bridgehead atoms. The molecule has 1 unspecified atom stereocenters. The van der Waals surface area contributed by atoms with E-state index in [1.165, 1.54) is 5.56 Å². The van der Waals surface area contributed by atoms with E-state index < -0.39 is 6.10 Å². The summed E-state index contributed by atoms with van der Waals surface area (Å²) in [5.74, 6) is 0.479. The third kappa shape index (κ3) is 4.01. The van der Waals surface area contributed by atoms with Gasteiger partial charge < -0.3 is 10.1 Å². The van der Waals surface area contributed by atoms with Gasteiger partial charge in [-0.2, -0.15) is 0 Å². The molecular weight excluding hydrogens is 298 g/mol. The van der Waals surface area contributed by atoms with Crippen LogP contribution in [0.2, 0.25) is 5.02 Å². The van der Waals surface area contributed by atoms with E-state index in [9.17, 15) is 4.79 Å². The van der Waals surface area contributed by atoms with Gasteiger partial charge in [-0.1, -0.05) is 36.7 Å². The van der Waals surface area contributed by atoms with Crippen molar-refractivity contribution in [1.82, 2.24) is 0 Å². The Bertz CT molecular complexity index is 653. The van der Waals surface area contributed by atoms with Gasteiger partial charge in [0.15, 0.2) is 6.10 Å². The second kappa shape index (κ2) is 7.32. The maximum Gasteiger partial charge on any atom is 0.265 e. The molecule has 1 N–H and O–H groups in total. The molecule has 0 saturated heterocycles. The van der Waals surface area contributed by atoms with Crippen LogP contribution in [0.1, 0.15) is 25.0 Å². The van der Waals surface area contributed by atoms with E-state index in [0.717, 1.165) is 12.0 Å². The Morgan fingerprint density at radius 2 is 1.91 bits per heavy atom. The summed E-state index contributed by atoms with van der Waals surface area (Å²) in [5.41, 5.74) is 2.78. The van der Waals surface area contributed by atoms with Crippen LogP contribution < -0.4 is 10.1 Å². The van der Waals surface area contributed by atoms with Crippen molar-refractivity contribution in [3.63, 3.8) is 0 Å². The lowest BCUT2D eigenvalue weighted by atomic mass is 10.2. The number of hydrogen-bond donors (Lipinski definition) is 1. The molecule has 0 aliphatic heterocycles. The van der Waals surface area contributed by atoms with Gasteiger partial charge in [0.2, 0.25) is 0 Å². The van der Waals surface area contributed by atoms with E-state index in [-0.39, 0.29) is 5.91 Å². The second-order valence-corrected chi connectivity index (χ2v) is 5.57. The van der Waals surface area contributed by atoms with Crippen LogP contribution in [0.15, 0.2) is 42.5 Å². The molecule has 1 amide bonds. The van der Waals surface area contributed by atoms with Crippen molar-refractivity contribution < 1.29 is 9.53 Å². The molecule has 2 aromatic carbocycles. The molecule has 0 saturated carbocycles. The number of anilines is 1. The Morgan fingerprint density at radius 1 is 1.23 bits per heavy atom. The highest BCUT2D eigenvalue weighted by Crippen LogP contribution is 2.23. The van der Waals surface area contributed by atoms with Gasteiger partial charge in [0.05, 0.1) is 0 Å². The number of rotatable bonds is 5. The standard InChI is InChI=1S/C18H20ClNO2/c1-4-14-8-10-15(11-9-14)22-13(3)18(21)20-17-7-5-6-16(19)12(17)2/h5-11,13H,4H2,1-3H3,(H,20,21). The minimum atomic E-state index is -0.592. The van der Waals surface area contributed by atoms with Gasteiger partial charge in [-0.15, -0.1) is 0 Å². The van der Waals surface area contributed by atoms with Crippen molar-refractivity contribution in [2.75, 3.05) is 5.32 Å². The van der Waals surface area contributed by atoms with Gasteiger partial charge in [0, 0.05) is 10.7 Å². The Morgan fingerprint density at radius 3 is 2.55 bits per heavy atom. The predicted molar refractivity (Wildman–Crippen MR) is 90.7 cm³/mol. The van der Waals surface area contributed by atoms with Gasteiger partial charge in [-0.25, -0.2) is 0 Å². The molecule has 3 nitrogen and oxygen atoms in total. The van der Waals surface area contributed by atoms with Crippen LogP contribution in [0.25, 0.3) is 0 Å². The van der Waals surface area contributed by atoms with Crippen LogP contribution in [0.4, 0.5) is 5.69 Å². The lowest BCUT2D eigenvalue weighted by Gasteiger charge is -2.16. The number of halogens is 1. The van der Waals surface area contributed by atoms with Crippen LogP contribution in [-0.2, 0) is 11.2 Å². The minimum Gasteiger partial charge on any atom is -0.481 e. The molecule has 1 atom stereocenters. The molecule has 0 fully saturated rings. The molecule has 0 aliphatic carbocycles. The third-order valence-corrected chi connectivity index (χ3v) is 3.95. The van der Waals surface area contributed by atoms with Crippen molar-refractivity contribution in [3.8, 4) is 5.75 Å². The first-order valence-electron chi connectivity index (χ1n) is 7.33. The zero-order valence-electron chi connectivity index (χ0n) is 13.0. The van der Waals surface area contributed by atoms with Crippen LogP contribution in [0.3, 0.4) is 0 Å². The van der Waals surface area contributed by atoms with E-state index in [1.807, 2.05) is 37.3 Å². The number of nitrogens with one attached hydrogen (secondary N) is 1. The van der Waals surface area contributed by atoms with E-state index in [0.29, 0.717) is 16.5 Å². The molecule has 116 valence electrons. The highest BCUT2D eigenvalue weighted by atomic mass is 35.5. The zero-order chi connectivity index (χ0) is 16.1. The first-order valence-corrected chi connectivity index (χ1v) is 7.70. The fourth-order valence-corrected chi connectivity index (χ4v) is 2.21. The number of carbonyl (C=O) groups excluding carboxylic acids is 1. The molecule has 0 aliphatic rings. The summed E-state index contributed by atoms with van der Waals surface area (Å²) >= 11 is 6.05. The Labute approximate surface area is 136 Å². The van der Waals surface area contributed by atoms with E-state index in [2.05, 4.69) is 12.2 Å². The average Bonchev–Trinajstić information content (AvgIpc) is 2.52. The van der Waals surface area contributed by atoms with Gasteiger partial charge in [0.25, 0.3) is 5.91 Å². The molecule has 0 heterocycles. The van der Waals surface area contributed by atoms with Crippen LogP contribution in [0.5, 0.6) is 5.75 Å². The first-order chi connectivity index (χ1) is 10.5. The SMILES string of the molecule is CCc1ccc(OC(C)C(=O)Nc2cccc(Cl)c2C)cc1. The maximum atomic E-state index is 12.2. The van der Waals surface area contributed by atoms with Crippen molar-refractivity contribution in [3.05, 3.63) is 58.6 Å². The van der Waals surface area contributed by atoms with Gasteiger partial charge in [-0.3, -0.25) is 4.79 Å². The van der Waals surface area contributed by atoms with Crippen molar-refractivity contribution in [2.45, 2.75) is 33.3 Å². The Kier molecular flexibility index (Phi) is 5.45. The van der Waals surface area contributed by atoms with Crippen molar-refractivity contribution in [2.24, 2.45) is 0 Å². The number of amides is 1. The quantitative estimate of drug-likeness (QED) is 0.874. The third-order valence-electron chi connectivity index (χ3n) is 3.54. The van der Waals surface area contributed by atoms with Crippen molar-refractivity contribution in [1.29, 1.82) is 0 Å². The number of hydrogen-bond acceptors (Lipinski definition) is 2. The topological polar surface area (TPSA) is 38.3 Å². The van der Waals surface area contributed by atoms with Crippen LogP contribution >= 0.6 is 11.6 Å². The number of benzene rings is 2. The van der Waals surface area contributed by atoms with Crippen LogP contribution in [-0.4, -0.2) is 12.0 Å². The highest BCUT2D eigenvalue weighted by molar-refractivity contribution is 6.31. The first kappa shape index (κ1) is 16.4. The summed E-state index contributed by atoms with van der Waals surface area (Å²) in [4.78, 5) is 12.2. The fraction of sp³-hybridized carbons (Fsp3) is 0.278. The summed E-state index contributed by atoms with van der Waals surface area (Å²) < 4.78 is 5.67. The average molecular weight is 318 g/mol. The summed E-state index contributed by atoms with van der Waals surface area (Å²) in [7, 11) is 0. The van der Waals surface area contributed by atoms with Gasteiger partial charge in [-0.05, 0) is 55.7 Å². The fourth-order valence-electron chi connectivity index (χ4n) is 2.04. The summed E-state index contributed by atoms with van der Waals surface area (Å²) in [6.45, 7) is 5.69. The number of ether oxygens (including phenoxy) is 1. The highest BCUT2D eigenvalue weighted by Gasteiger charge is 2.16. The monoisotopic (exact) mass is 317 g/mol. The minimum absolute atomic E-state index is 0.204. The largest absolute Gasteiger partial charge is 0.481 e. The molecule has 4 heteroatoms. The van der Waals surface area contributed by atoms with Crippen molar-refractivity contribution >= 4 is 23.2 Å². The maximum absolute atomic E-state index is 12.2. The Hall–Kier alpha value is -2.00. The molecule has 0 aromatic heterocycles. The molecule has 2 aromatic rings. The molecule has 0 spiro atoms. The summed E-state index contributed by atoms with van der Waals surface area (Å²) in [6, 6.07) is 13.2. The smallest absolute Gasteiger partial charge is 0.265 e. The lowest BCUT2D eigenvalue weighted by Crippen LogP contribution is -2.30. The molecule has 2 rings (SSSR count). The lowest BCUT2D eigenvalue weighted by molar-refractivity contribution is -0.122. The van der Waals surface area contributed by atoms with Crippen LogP contribution in [0, 0.1) is 6.92 Å². The summed E-state index contributed by atoms with van der Waals surface area (Å²) in [5, 5.41) is 3.47. The van der Waals surface area contributed by atoms with Gasteiger partial charge in [0.1, 0.15) is 5.75 Å². The molecule has 0 radical (unpaired) electrons. The van der Waals surface area contributed by atoms with E-state index in [4.69, 9.17) is 16.3 Å². The van der Waals surface area contributed by atoms with E-state index >= 15 is 0 Å². The second-order valence-electron chi connectivity index (χ2n) is 5.16. The zero-order valence-corrected chi connectivity index (χ0v) is 13.8. The number of aryl methyl sites for hydroxylation is 1.